The Morgan fingerprint density at radius 3 is 2.46 bits per heavy atom. The summed E-state index contributed by atoms with van der Waals surface area (Å²) in [6.07, 6.45) is 6.37. The van der Waals surface area contributed by atoms with Gasteiger partial charge in [0, 0.05) is 36.0 Å². The largest absolute Gasteiger partial charge is 0.493 e. The van der Waals surface area contributed by atoms with Crippen molar-refractivity contribution in [2.45, 2.75) is 38.6 Å². The quantitative estimate of drug-likeness (QED) is 0.355. The molecule has 1 heterocycles. The summed E-state index contributed by atoms with van der Waals surface area (Å²) in [7, 11) is 0. The molecule has 2 N–H and O–H groups in total. The third-order valence-corrected chi connectivity index (χ3v) is 6.53. The van der Waals surface area contributed by atoms with Gasteiger partial charge in [0.2, 0.25) is 5.91 Å². The maximum absolute atomic E-state index is 13.4. The van der Waals surface area contributed by atoms with E-state index in [-0.39, 0.29) is 18.4 Å². The summed E-state index contributed by atoms with van der Waals surface area (Å²) in [4.78, 5) is 26.7. The summed E-state index contributed by atoms with van der Waals surface area (Å²) in [6.45, 7) is 4.35. The molecular formula is C31H34N2O4. The topological polar surface area (TPSA) is 78.9 Å². The van der Waals surface area contributed by atoms with Crippen molar-refractivity contribution in [3.63, 3.8) is 0 Å². The van der Waals surface area contributed by atoms with Gasteiger partial charge >= 0.3 is 5.97 Å². The Morgan fingerprint density at radius 1 is 1.00 bits per heavy atom. The number of rotatable bonds is 10. The Bertz CT molecular complexity index is 1230. The number of piperidine rings is 1. The SMILES string of the molecule is CCOc1cc(CC(=O)NC(c2ccccc2)c2ccccc2N2CCCCC2)ccc1C=CC(=O)O. The molecular weight excluding hydrogens is 464 g/mol. The Hall–Kier alpha value is -4.06. The average Bonchev–Trinajstić information content (AvgIpc) is 2.92. The maximum Gasteiger partial charge on any atom is 0.328 e. The molecule has 192 valence electrons. The van der Waals surface area contributed by atoms with Crippen molar-refractivity contribution in [3.8, 4) is 5.75 Å². The molecule has 6 heteroatoms. The number of benzene rings is 3. The van der Waals surface area contributed by atoms with Crippen LogP contribution in [0.3, 0.4) is 0 Å². The van der Waals surface area contributed by atoms with E-state index in [0.29, 0.717) is 17.9 Å². The lowest BCUT2D eigenvalue weighted by Gasteiger charge is -2.33. The molecule has 3 aromatic rings. The van der Waals surface area contributed by atoms with Crippen LogP contribution < -0.4 is 15.0 Å². The van der Waals surface area contributed by atoms with Gasteiger partial charge in [0.15, 0.2) is 0 Å². The van der Waals surface area contributed by atoms with Gasteiger partial charge in [-0.3, -0.25) is 4.79 Å². The lowest BCUT2D eigenvalue weighted by molar-refractivity contribution is -0.131. The first-order chi connectivity index (χ1) is 18.0. The van der Waals surface area contributed by atoms with Crippen LogP contribution in [-0.2, 0) is 16.0 Å². The van der Waals surface area contributed by atoms with E-state index in [0.717, 1.165) is 35.9 Å². The number of carbonyl (C=O) groups is 2. The average molecular weight is 499 g/mol. The third-order valence-electron chi connectivity index (χ3n) is 6.53. The van der Waals surface area contributed by atoms with Crippen molar-refractivity contribution in [2.24, 2.45) is 0 Å². The van der Waals surface area contributed by atoms with Gasteiger partial charge in [-0.25, -0.2) is 4.79 Å². The molecule has 0 radical (unpaired) electrons. The number of carboxylic acids is 1. The Morgan fingerprint density at radius 2 is 1.73 bits per heavy atom. The molecule has 0 bridgehead atoms. The van der Waals surface area contributed by atoms with Gasteiger partial charge in [-0.1, -0.05) is 60.7 Å². The fraction of sp³-hybridized carbons (Fsp3) is 0.290. The second-order valence-corrected chi connectivity index (χ2v) is 9.17. The molecule has 3 aromatic carbocycles. The van der Waals surface area contributed by atoms with E-state index >= 15 is 0 Å². The zero-order valence-electron chi connectivity index (χ0n) is 21.2. The second kappa shape index (κ2) is 12.8. The van der Waals surface area contributed by atoms with Crippen LogP contribution >= 0.6 is 0 Å². The number of carbonyl (C=O) groups excluding carboxylic acids is 1. The Labute approximate surface area is 218 Å². The molecule has 1 atom stereocenters. The van der Waals surface area contributed by atoms with Crippen molar-refractivity contribution in [3.05, 3.63) is 101 Å². The fourth-order valence-corrected chi connectivity index (χ4v) is 4.81. The molecule has 0 aromatic heterocycles. The molecule has 1 unspecified atom stereocenters. The lowest BCUT2D eigenvalue weighted by atomic mass is 9.95. The number of aliphatic carboxylic acids is 1. The van der Waals surface area contributed by atoms with Crippen LogP contribution in [0.2, 0.25) is 0 Å². The first-order valence-electron chi connectivity index (χ1n) is 12.9. The normalized spacial score (nSPS) is 14.4. The minimum absolute atomic E-state index is 0.0985. The minimum Gasteiger partial charge on any atom is -0.493 e. The highest BCUT2D eigenvalue weighted by atomic mass is 16.5. The standard InChI is InChI=1S/C31H34N2O4/c1-2-37-28-21-23(15-16-24(28)17-18-30(35)36)22-29(34)32-31(25-11-5-3-6-12-25)26-13-7-8-14-27(26)33-19-9-4-10-20-33/h3,5-8,11-18,21,31H,2,4,9-10,19-20,22H2,1H3,(H,32,34)(H,35,36). The van der Waals surface area contributed by atoms with Crippen molar-refractivity contribution in [1.29, 1.82) is 0 Å². The summed E-state index contributed by atoms with van der Waals surface area (Å²) >= 11 is 0. The molecule has 4 rings (SSSR count). The summed E-state index contributed by atoms with van der Waals surface area (Å²) in [6, 6.07) is 23.6. The smallest absolute Gasteiger partial charge is 0.328 e. The van der Waals surface area contributed by atoms with Gasteiger partial charge in [-0.2, -0.15) is 0 Å². The van der Waals surface area contributed by atoms with E-state index in [4.69, 9.17) is 9.84 Å². The fourth-order valence-electron chi connectivity index (χ4n) is 4.81. The lowest BCUT2D eigenvalue weighted by Crippen LogP contribution is -2.34. The molecule has 1 fully saturated rings. The first-order valence-corrected chi connectivity index (χ1v) is 12.9. The van der Waals surface area contributed by atoms with E-state index < -0.39 is 5.97 Å². The van der Waals surface area contributed by atoms with Crippen LogP contribution in [-0.4, -0.2) is 36.7 Å². The zero-order chi connectivity index (χ0) is 26.0. The van der Waals surface area contributed by atoms with E-state index in [1.807, 2.05) is 43.3 Å². The summed E-state index contributed by atoms with van der Waals surface area (Å²) < 4.78 is 5.71. The minimum atomic E-state index is -1.03. The number of nitrogens with zero attached hydrogens (tertiary/aromatic N) is 1. The van der Waals surface area contributed by atoms with Gasteiger partial charge in [0.05, 0.1) is 19.1 Å². The second-order valence-electron chi connectivity index (χ2n) is 9.17. The molecule has 0 spiro atoms. The van der Waals surface area contributed by atoms with Crippen LogP contribution in [0.4, 0.5) is 5.69 Å². The van der Waals surface area contributed by atoms with Crippen LogP contribution in [0.5, 0.6) is 5.75 Å². The van der Waals surface area contributed by atoms with E-state index in [2.05, 4.69) is 40.5 Å². The maximum atomic E-state index is 13.4. The summed E-state index contributed by atoms with van der Waals surface area (Å²) in [5, 5.41) is 12.2. The van der Waals surface area contributed by atoms with Gasteiger partial charge in [-0.05, 0) is 55.5 Å². The molecule has 1 saturated heterocycles. The highest BCUT2D eigenvalue weighted by Crippen LogP contribution is 2.32. The highest BCUT2D eigenvalue weighted by Gasteiger charge is 2.23. The Balaban J connectivity index is 1.59. The molecule has 0 aliphatic carbocycles. The predicted molar refractivity (Wildman–Crippen MR) is 147 cm³/mol. The van der Waals surface area contributed by atoms with Crippen LogP contribution in [0.1, 0.15) is 54.5 Å². The summed E-state index contributed by atoms with van der Waals surface area (Å²) in [5.41, 5.74) is 4.75. The molecule has 6 nitrogen and oxygen atoms in total. The number of amides is 1. The third kappa shape index (κ3) is 7.00. The molecule has 0 saturated carbocycles. The number of nitrogens with one attached hydrogen (secondary N) is 1. The van der Waals surface area contributed by atoms with Gasteiger partial charge < -0.3 is 20.1 Å². The van der Waals surface area contributed by atoms with Crippen LogP contribution in [0, 0.1) is 0 Å². The van der Waals surface area contributed by atoms with Crippen molar-refractivity contribution >= 4 is 23.6 Å². The zero-order valence-corrected chi connectivity index (χ0v) is 21.2. The number of hydrogen-bond donors (Lipinski definition) is 2. The van der Waals surface area contributed by atoms with E-state index in [1.54, 1.807) is 6.07 Å². The number of hydrogen-bond acceptors (Lipinski definition) is 4. The van der Waals surface area contributed by atoms with Gasteiger partial charge in [0.1, 0.15) is 5.75 Å². The van der Waals surface area contributed by atoms with E-state index in [1.165, 1.54) is 31.0 Å². The molecule has 37 heavy (non-hydrogen) atoms. The number of carboxylic acid groups (broad SMARTS) is 1. The van der Waals surface area contributed by atoms with Crippen molar-refractivity contribution < 1.29 is 19.4 Å². The van der Waals surface area contributed by atoms with E-state index in [9.17, 15) is 9.59 Å². The monoisotopic (exact) mass is 498 g/mol. The summed E-state index contributed by atoms with van der Waals surface area (Å²) in [5.74, 6) is -0.568. The van der Waals surface area contributed by atoms with Crippen LogP contribution in [0.15, 0.2) is 78.9 Å². The number of para-hydroxylation sites is 1. The predicted octanol–water partition coefficient (Wildman–Crippen LogP) is 5.62. The van der Waals surface area contributed by atoms with Gasteiger partial charge in [0.25, 0.3) is 0 Å². The molecule has 1 aliphatic heterocycles. The molecule has 1 aliphatic rings. The van der Waals surface area contributed by atoms with Crippen molar-refractivity contribution in [1.82, 2.24) is 5.32 Å². The van der Waals surface area contributed by atoms with Crippen LogP contribution in [0.25, 0.3) is 6.08 Å². The Kier molecular flexibility index (Phi) is 8.98. The number of anilines is 1. The first kappa shape index (κ1) is 26.0. The highest BCUT2D eigenvalue weighted by molar-refractivity contribution is 5.86. The molecule has 1 amide bonds. The van der Waals surface area contributed by atoms with Crippen molar-refractivity contribution in [2.75, 3.05) is 24.6 Å². The van der Waals surface area contributed by atoms with Gasteiger partial charge in [-0.15, -0.1) is 0 Å². The number of ether oxygens (including phenoxy) is 1.